The summed E-state index contributed by atoms with van der Waals surface area (Å²) in [5.74, 6) is 0.792. The normalized spacial score (nSPS) is 17.9. The number of ether oxygens (including phenoxy) is 1. The Kier molecular flexibility index (Phi) is 5.88. The van der Waals surface area contributed by atoms with E-state index >= 15 is 0 Å². The number of hydrogen-bond donors (Lipinski definition) is 0. The van der Waals surface area contributed by atoms with Gasteiger partial charge in [0.2, 0.25) is 0 Å². The molecule has 0 radical (unpaired) electrons. The molecule has 3 aromatic carbocycles. The Morgan fingerprint density at radius 1 is 0.818 bits per heavy atom. The van der Waals surface area contributed by atoms with Crippen LogP contribution in [0.4, 0.5) is 17.1 Å². The Labute approximate surface area is 195 Å². The number of rotatable bonds is 4. The SMILES string of the molecule is COc1ccc(N2C(=O)/C(=C\c3ccccc3N3CCN(C)CC3)Cc3ccccc32)cc1. The van der Waals surface area contributed by atoms with Crippen LogP contribution in [0.25, 0.3) is 6.08 Å². The highest BCUT2D eigenvalue weighted by Crippen LogP contribution is 2.38. The van der Waals surface area contributed by atoms with E-state index in [4.69, 9.17) is 4.74 Å². The van der Waals surface area contributed by atoms with Crippen molar-refractivity contribution in [2.45, 2.75) is 6.42 Å². The van der Waals surface area contributed by atoms with Crippen molar-refractivity contribution in [3.8, 4) is 5.75 Å². The van der Waals surface area contributed by atoms with Crippen molar-refractivity contribution < 1.29 is 9.53 Å². The summed E-state index contributed by atoms with van der Waals surface area (Å²) in [7, 11) is 3.81. The summed E-state index contributed by atoms with van der Waals surface area (Å²) in [5, 5.41) is 0. The minimum absolute atomic E-state index is 0.0204. The Balaban J connectivity index is 1.54. The van der Waals surface area contributed by atoms with Gasteiger partial charge in [0.05, 0.1) is 12.8 Å². The van der Waals surface area contributed by atoms with Crippen LogP contribution in [-0.2, 0) is 11.2 Å². The Morgan fingerprint density at radius 3 is 2.21 bits per heavy atom. The highest BCUT2D eigenvalue weighted by molar-refractivity contribution is 6.15. The minimum Gasteiger partial charge on any atom is -0.497 e. The molecule has 2 heterocycles. The fraction of sp³-hybridized carbons (Fsp3) is 0.250. The molecule has 168 valence electrons. The zero-order valence-electron chi connectivity index (χ0n) is 19.2. The fourth-order valence-electron chi connectivity index (χ4n) is 4.65. The Bertz CT molecular complexity index is 1180. The molecular formula is C28H29N3O2. The molecule has 5 nitrogen and oxygen atoms in total. The number of hydrogen-bond acceptors (Lipinski definition) is 4. The van der Waals surface area contributed by atoms with Gasteiger partial charge in [-0.25, -0.2) is 0 Å². The number of carbonyl (C=O) groups excluding carboxylic acids is 1. The summed E-state index contributed by atoms with van der Waals surface area (Å²) in [6.45, 7) is 4.07. The summed E-state index contributed by atoms with van der Waals surface area (Å²) in [4.78, 5) is 20.4. The highest BCUT2D eigenvalue weighted by atomic mass is 16.5. The van der Waals surface area contributed by atoms with Crippen LogP contribution in [0.2, 0.25) is 0 Å². The molecule has 5 heteroatoms. The number of fused-ring (bicyclic) bond motifs is 1. The number of benzene rings is 3. The number of likely N-dealkylation sites (N-methyl/N-ethyl adjacent to an activating group) is 1. The number of carbonyl (C=O) groups is 1. The van der Waals surface area contributed by atoms with E-state index in [2.05, 4.69) is 53.3 Å². The lowest BCUT2D eigenvalue weighted by atomic mass is 9.94. The van der Waals surface area contributed by atoms with Gasteiger partial charge < -0.3 is 14.5 Å². The summed E-state index contributed by atoms with van der Waals surface area (Å²) in [6.07, 6.45) is 2.71. The van der Waals surface area contributed by atoms with Gasteiger partial charge >= 0.3 is 0 Å². The van der Waals surface area contributed by atoms with Crippen molar-refractivity contribution in [1.29, 1.82) is 0 Å². The molecule has 2 aliphatic heterocycles. The first kappa shape index (κ1) is 21.3. The van der Waals surface area contributed by atoms with Crippen LogP contribution in [0.1, 0.15) is 11.1 Å². The van der Waals surface area contributed by atoms with Crippen molar-refractivity contribution >= 4 is 29.0 Å². The first-order chi connectivity index (χ1) is 16.1. The van der Waals surface area contributed by atoms with E-state index in [9.17, 15) is 4.79 Å². The van der Waals surface area contributed by atoms with Crippen LogP contribution in [-0.4, -0.2) is 51.1 Å². The van der Waals surface area contributed by atoms with Crippen LogP contribution < -0.4 is 14.5 Å². The summed E-state index contributed by atoms with van der Waals surface area (Å²) >= 11 is 0. The molecule has 1 saturated heterocycles. The van der Waals surface area contributed by atoms with Crippen molar-refractivity contribution in [2.75, 3.05) is 50.1 Å². The third-order valence-electron chi connectivity index (χ3n) is 6.53. The number of amides is 1. The van der Waals surface area contributed by atoms with Crippen molar-refractivity contribution in [2.24, 2.45) is 0 Å². The van der Waals surface area contributed by atoms with Crippen LogP contribution in [0.3, 0.4) is 0 Å². The van der Waals surface area contributed by atoms with E-state index < -0.39 is 0 Å². The molecule has 5 rings (SSSR count). The molecule has 0 bridgehead atoms. The van der Waals surface area contributed by atoms with E-state index in [0.717, 1.165) is 60.0 Å². The zero-order chi connectivity index (χ0) is 22.8. The predicted octanol–water partition coefficient (Wildman–Crippen LogP) is 4.75. The van der Waals surface area contributed by atoms with Crippen molar-refractivity contribution in [1.82, 2.24) is 4.90 Å². The molecule has 0 unspecified atom stereocenters. The third-order valence-corrected chi connectivity index (χ3v) is 6.53. The largest absolute Gasteiger partial charge is 0.497 e. The quantitative estimate of drug-likeness (QED) is 0.550. The Hall–Kier alpha value is -3.57. The summed E-state index contributed by atoms with van der Waals surface area (Å²) < 4.78 is 5.31. The molecule has 0 atom stereocenters. The first-order valence-electron chi connectivity index (χ1n) is 11.4. The van der Waals surface area contributed by atoms with Gasteiger partial charge in [-0.05, 0) is 60.6 Å². The molecule has 0 saturated carbocycles. The van der Waals surface area contributed by atoms with E-state index in [1.807, 2.05) is 47.4 Å². The molecule has 0 aromatic heterocycles. The molecule has 1 amide bonds. The second kappa shape index (κ2) is 9.12. The molecule has 1 fully saturated rings. The van der Waals surface area contributed by atoms with E-state index in [1.165, 1.54) is 5.69 Å². The number of para-hydroxylation sites is 2. The minimum atomic E-state index is 0.0204. The Morgan fingerprint density at radius 2 is 1.48 bits per heavy atom. The second-order valence-corrected chi connectivity index (χ2v) is 8.66. The van der Waals surface area contributed by atoms with Crippen LogP contribution in [0.15, 0.2) is 78.4 Å². The van der Waals surface area contributed by atoms with Gasteiger partial charge in [0.25, 0.3) is 5.91 Å². The monoisotopic (exact) mass is 439 g/mol. The maximum Gasteiger partial charge on any atom is 0.259 e. The lowest BCUT2D eigenvalue weighted by Gasteiger charge is -2.35. The summed E-state index contributed by atoms with van der Waals surface area (Å²) in [6, 6.07) is 24.2. The van der Waals surface area contributed by atoms with Crippen molar-refractivity contribution in [3.63, 3.8) is 0 Å². The average molecular weight is 440 g/mol. The lowest BCUT2D eigenvalue weighted by Crippen LogP contribution is -2.44. The number of nitrogens with zero attached hydrogens (tertiary/aromatic N) is 3. The standard InChI is InChI=1S/C28H29N3O2/c1-29-15-17-30(18-16-29)26-9-5-3-7-21(26)19-23-20-22-8-4-6-10-27(22)31(28(23)32)24-11-13-25(33-2)14-12-24/h3-14,19H,15-18,20H2,1-2H3/b23-19-. The first-order valence-corrected chi connectivity index (χ1v) is 11.4. The fourth-order valence-corrected chi connectivity index (χ4v) is 4.65. The van der Waals surface area contributed by atoms with Gasteiger partial charge in [0.15, 0.2) is 0 Å². The molecule has 0 N–H and O–H groups in total. The van der Waals surface area contributed by atoms with Crippen molar-refractivity contribution in [3.05, 3.63) is 89.5 Å². The van der Waals surface area contributed by atoms with E-state index in [0.29, 0.717) is 6.42 Å². The molecule has 3 aromatic rings. The molecule has 0 aliphatic carbocycles. The van der Waals surface area contributed by atoms with Gasteiger partial charge in [0.1, 0.15) is 5.75 Å². The maximum atomic E-state index is 13.8. The topological polar surface area (TPSA) is 36.0 Å². The van der Waals surface area contributed by atoms with Gasteiger partial charge in [-0.2, -0.15) is 0 Å². The maximum absolute atomic E-state index is 13.8. The van der Waals surface area contributed by atoms with Crippen LogP contribution >= 0.6 is 0 Å². The van der Waals surface area contributed by atoms with E-state index in [-0.39, 0.29) is 5.91 Å². The summed E-state index contributed by atoms with van der Waals surface area (Å²) in [5.41, 5.74) is 6.02. The second-order valence-electron chi connectivity index (χ2n) is 8.66. The lowest BCUT2D eigenvalue weighted by molar-refractivity contribution is -0.114. The number of piperazine rings is 1. The zero-order valence-corrected chi connectivity index (χ0v) is 19.2. The van der Waals surface area contributed by atoms with Gasteiger partial charge in [0, 0.05) is 49.5 Å². The molecule has 0 spiro atoms. The molecular weight excluding hydrogens is 410 g/mol. The average Bonchev–Trinajstić information content (AvgIpc) is 2.86. The predicted molar refractivity (Wildman–Crippen MR) is 134 cm³/mol. The number of anilines is 3. The highest BCUT2D eigenvalue weighted by Gasteiger charge is 2.29. The van der Waals surface area contributed by atoms with Gasteiger partial charge in [-0.1, -0.05) is 36.4 Å². The van der Waals surface area contributed by atoms with Crippen LogP contribution in [0.5, 0.6) is 5.75 Å². The molecule has 33 heavy (non-hydrogen) atoms. The molecule has 2 aliphatic rings. The van der Waals surface area contributed by atoms with Gasteiger partial charge in [-0.15, -0.1) is 0 Å². The smallest absolute Gasteiger partial charge is 0.259 e. The van der Waals surface area contributed by atoms with Crippen LogP contribution in [0, 0.1) is 0 Å². The number of methoxy groups -OCH3 is 1. The van der Waals surface area contributed by atoms with E-state index in [1.54, 1.807) is 7.11 Å². The third kappa shape index (κ3) is 4.24. The van der Waals surface area contributed by atoms with Gasteiger partial charge in [-0.3, -0.25) is 9.69 Å².